The molecule has 2 saturated heterocycles. The number of nitrogens with zero attached hydrogens (tertiary/aromatic N) is 1. The monoisotopic (exact) mass is 314 g/mol. The van der Waals surface area contributed by atoms with Gasteiger partial charge in [0.05, 0.1) is 5.54 Å². The van der Waals surface area contributed by atoms with Crippen molar-refractivity contribution in [1.82, 2.24) is 16.0 Å². The predicted molar refractivity (Wildman–Crippen MR) is 82.9 cm³/mol. The van der Waals surface area contributed by atoms with E-state index in [0.29, 0.717) is 13.1 Å². The Balaban J connectivity index is 1.95. The summed E-state index contributed by atoms with van der Waals surface area (Å²) in [5.74, 6) is -1.03. The van der Waals surface area contributed by atoms with Crippen LogP contribution in [0.2, 0.25) is 0 Å². The Labute approximate surface area is 133 Å². The number of barbiturate groups is 1. The van der Waals surface area contributed by atoms with Gasteiger partial charge >= 0.3 is 6.03 Å². The summed E-state index contributed by atoms with van der Waals surface area (Å²) in [7, 11) is 0. The molecule has 120 valence electrons. The highest BCUT2D eigenvalue weighted by molar-refractivity contribution is 6.21. The Hall–Kier alpha value is -2.41. The molecule has 3 heterocycles. The fraction of sp³-hybridized carbons (Fsp3) is 0.438. The third-order valence-electron chi connectivity index (χ3n) is 5.46. The molecule has 3 aliphatic heterocycles. The number of imide groups is 2. The summed E-state index contributed by atoms with van der Waals surface area (Å²) in [4.78, 5) is 39.3. The second-order valence-corrected chi connectivity index (χ2v) is 6.55. The van der Waals surface area contributed by atoms with E-state index in [4.69, 9.17) is 0 Å². The van der Waals surface area contributed by atoms with Gasteiger partial charge in [-0.3, -0.25) is 20.2 Å². The van der Waals surface area contributed by atoms with Crippen LogP contribution in [0.5, 0.6) is 0 Å². The van der Waals surface area contributed by atoms with Gasteiger partial charge in [0.25, 0.3) is 0 Å². The Kier molecular flexibility index (Phi) is 2.81. The number of anilines is 1. The fourth-order valence-electron chi connectivity index (χ4n) is 4.24. The minimum Gasteiger partial charge on any atom is -0.362 e. The molecular formula is C16H18N4O3. The zero-order valence-corrected chi connectivity index (χ0v) is 12.8. The molecule has 23 heavy (non-hydrogen) atoms. The largest absolute Gasteiger partial charge is 0.362 e. The molecule has 1 atom stereocenters. The van der Waals surface area contributed by atoms with Crippen molar-refractivity contribution in [2.24, 2.45) is 5.41 Å². The molecule has 3 aliphatic rings. The van der Waals surface area contributed by atoms with Crippen molar-refractivity contribution in [3.05, 3.63) is 29.8 Å². The highest BCUT2D eigenvalue weighted by Crippen LogP contribution is 2.49. The first-order valence-electron chi connectivity index (χ1n) is 7.72. The Morgan fingerprint density at radius 1 is 1.09 bits per heavy atom. The van der Waals surface area contributed by atoms with Gasteiger partial charge in [0.2, 0.25) is 11.8 Å². The topological polar surface area (TPSA) is 90.5 Å². The Morgan fingerprint density at radius 2 is 1.78 bits per heavy atom. The van der Waals surface area contributed by atoms with Gasteiger partial charge < -0.3 is 10.2 Å². The van der Waals surface area contributed by atoms with Crippen molar-refractivity contribution >= 4 is 23.5 Å². The minimum absolute atomic E-state index is 0.281. The van der Waals surface area contributed by atoms with E-state index >= 15 is 0 Å². The summed E-state index contributed by atoms with van der Waals surface area (Å²) >= 11 is 0. The van der Waals surface area contributed by atoms with Crippen LogP contribution in [-0.4, -0.2) is 43.0 Å². The minimum atomic E-state index is -1.33. The number of carbonyl (C=O) groups is 3. The van der Waals surface area contributed by atoms with Crippen molar-refractivity contribution in [1.29, 1.82) is 0 Å². The van der Waals surface area contributed by atoms with Crippen molar-refractivity contribution in [3.63, 3.8) is 0 Å². The van der Waals surface area contributed by atoms with Crippen LogP contribution in [0.15, 0.2) is 24.3 Å². The summed E-state index contributed by atoms with van der Waals surface area (Å²) in [6, 6.07) is 7.08. The number of urea groups is 1. The lowest BCUT2D eigenvalue weighted by Gasteiger charge is -2.59. The molecule has 0 bridgehead atoms. The molecule has 4 amide bonds. The number of piperazine rings is 1. The maximum Gasteiger partial charge on any atom is 0.328 e. The van der Waals surface area contributed by atoms with Gasteiger partial charge in [0.1, 0.15) is 0 Å². The maximum atomic E-state index is 12.8. The summed E-state index contributed by atoms with van der Waals surface area (Å²) < 4.78 is 0. The van der Waals surface area contributed by atoms with E-state index in [1.165, 1.54) is 0 Å². The summed E-state index contributed by atoms with van der Waals surface area (Å²) in [6.07, 6.45) is 0.281. The molecule has 1 unspecified atom stereocenters. The molecule has 1 aromatic rings. The molecule has 7 heteroatoms. The van der Waals surface area contributed by atoms with Gasteiger partial charge in [0, 0.05) is 31.7 Å². The van der Waals surface area contributed by atoms with Crippen LogP contribution in [0.1, 0.15) is 12.5 Å². The Morgan fingerprint density at radius 3 is 2.52 bits per heavy atom. The summed E-state index contributed by atoms with van der Waals surface area (Å²) in [6.45, 7) is 3.90. The molecule has 0 radical (unpaired) electrons. The molecule has 0 saturated carbocycles. The van der Waals surface area contributed by atoms with Crippen molar-refractivity contribution in [2.45, 2.75) is 18.9 Å². The second-order valence-electron chi connectivity index (χ2n) is 6.55. The summed E-state index contributed by atoms with van der Waals surface area (Å²) in [5, 5.41) is 7.88. The molecule has 1 aromatic carbocycles. The average Bonchev–Trinajstić information content (AvgIpc) is 2.52. The first-order chi connectivity index (χ1) is 11.0. The lowest BCUT2D eigenvalue weighted by molar-refractivity contribution is -0.150. The smallest absolute Gasteiger partial charge is 0.328 e. The molecule has 0 aliphatic carbocycles. The quantitative estimate of drug-likeness (QED) is 0.575. The first-order valence-corrected chi connectivity index (χ1v) is 7.72. The van der Waals surface area contributed by atoms with Crippen molar-refractivity contribution < 1.29 is 14.4 Å². The number of hydrogen-bond acceptors (Lipinski definition) is 5. The van der Waals surface area contributed by atoms with Gasteiger partial charge in [-0.25, -0.2) is 4.79 Å². The van der Waals surface area contributed by atoms with Crippen molar-refractivity contribution in [2.75, 3.05) is 24.5 Å². The fourth-order valence-corrected chi connectivity index (χ4v) is 4.24. The predicted octanol–water partition coefficient (Wildman–Crippen LogP) is -0.237. The Bertz CT molecular complexity index is 712. The third-order valence-corrected chi connectivity index (χ3v) is 5.46. The number of benzene rings is 1. The van der Waals surface area contributed by atoms with Crippen LogP contribution < -0.4 is 20.9 Å². The molecule has 2 fully saturated rings. The van der Waals surface area contributed by atoms with Gasteiger partial charge in [0.15, 0.2) is 5.41 Å². The van der Waals surface area contributed by atoms with E-state index in [0.717, 1.165) is 17.8 Å². The zero-order chi connectivity index (χ0) is 16.2. The number of nitrogens with one attached hydrogen (secondary N) is 3. The molecule has 3 N–H and O–H groups in total. The molecule has 7 nitrogen and oxygen atoms in total. The average molecular weight is 314 g/mol. The highest BCUT2D eigenvalue weighted by atomic mass is 16.2. The van der Waals surface area contributed by atoms with Gasteiger partial charge in [-0.2, -0.15) is 0 Å². The molecular weight excluding hydrogens is 296 g/mol. The van der Waals surface area contributed by atoms with E-state index in [1.807, 2.05) is 31.2 Å². The first kappa shape index (κ1) is 14.2. The molecule has 4 rings (SSSR count). The maximum absolute atomic E-state index is 12.8. The van der Waals surface area contributed by atoms with E-state index in [9.17, 15) is 14.4 Å². The normalized spacial score (nSPS) is 28.7. The van der Waals surface area contributed by atoms with E-state index in [2.05, 4.69) is 20.9 Å². The number of carbonyl (C=O) groups excluding carboxylic acids is 3. The number of para-hydroxylation sites is 1. The summed E-state index contributed by atoms with van der Waals surface area (Å²) in [5.41, 5.74) is -0.0666. The van der Waals surface area contributed by atoms with Gasteiger partial charge in [-0.05, 0) is 18.6 Å². The van der Waals surface area contributed by atoms with Crippen molar-refractivity contribution in [3.8, 4) is 0 Å². The number of fused-ring (bicyclic) bond motifs is 4. The zero-order valence-electron chi connectivity index (χ0n) is 12.8. The van der Waals surface area contributed by atoms with E-state index < -0.39 is 28.8 Å². The number of rotatable bonds is 0. The van der Waals surface area contributed by atoms with Crippen LogP contribution in [0, 0.1) is 5.41 Å². The second kappa shape index (κ2) is 4.55. The third kappa shape index (κ3) is 1.65. The number of hydrogen-bond donors (Lipinski definition) is 3. The van der Waals surface area contributed by atoms with E-state index in [-0.39, 0.29) is 6.42 Å². The molecule has 0 aromatic heterocycles. The van der Waals surface area contributed by atoms with E-state index in [1.54, 1.807) is 0 Å². The highest BCUT2D eigenvalue weighted by Gasteiger charge is 2.66. The van der Waals surface area contributed by atoms with Crippen LogP contribution in [-0.2, 0) is 16.0 Å². The lowest BCUT2D eigenvalue weighted by atomic mass is 9.60. The van der Waals surface area contributed by atoms with Gasteiger partial charge in [-0.15, -0.1) is 0 Å². The van der Waals surface area contributed by atoms with Gasteiger partial charge in [-0.1, -0.05) is 18.2 Å². The standard InChI is InChI=1S/C16H18N4O3/c1-15-9-17-6-7-20(15)11-5-3-2-4-10(11)8-16(15)12(21)18-14(23)19-13(16)22/h2-5,17H,6-9H2,1H3,(H2,18,19,21,22,23). The number of amides is 4. The SMILES string of the molecule is CC12CNCCN1c1ccccc1CC21C(=O)NC(=O)NC1=O. The van der Waals surface area contributed by atoms with Crippen LogP contribution in [0.3, 0.4) is 0 Å². The molecule has 1 spiro atoms. The van der Waals surface area contributed by atoms with Crippen LogP contribution in [0.4, 0.5) is 10.5 Å². The van der Waals surface area contributed by atoms with Crippen LogP contribution in [0.25, 0.3) is 0 Å². The lowest BCUT2D eigenvalue weighted by Crippen LogP contribution is -2.80. The van der Waals surface area contributed by atoms with Crippen LogP contribution >= 0.6 is 0 Å².